The summed E-state index contributed by atoms with van der Waals surface area (Å²) < 4.78 is 5.23. The summed E-state index contributed by atoms with van der Waals surface area (Å²) in [5.41, 5.74) is 3.34. The van der Waals surface area contributed by atoms with Gasteiger partial charge in [0, 0.05) is 6.08 Å². The Labute approximate surface area is 153 Å². The Morgan fingerprint density at radius 2 is 1.85 bits per heavy atom. The van der Waals surface area contributed by atoms with Crippen LogP contribution in [0, 0.1) is 0 Å². The lowest BCUT2D eigenvalue weighted by Crippen LogP contribution is -2.39. The Morgan fingerprint density at radius 1 is 1.12 bits per heavy atom. The van der Waals surface area contributed by atoms with Gasteiger partial charge in [-0.25, -0.2) is 4.79 Å². The minimum Gasteiger partial charge on any atom is -0.449 e. The summed E-state index contributed by atoms with van der Waals surface area (Å²) in [7, 11) is 0. The van der Waals surface area contributed by atoms with E-state index in [1.165, 1.54) is 11.6 Å². The maximum atomic E-state index is 12.4. The zero-order valence-electron chi connectivity index (χ0n) is 14.9. The summed E-state index contributed by atoms with van der Waals surface area (Å²) in [6.07, 6.45) is 5.15. The van der Waals surface area contributed by atoms with Crippen LogP contribution in [0.5, 0.6) is 0 Å². The van der Waals surface area contributed by atoms with Gasteiger partial charge >= 0.3 is 5.97 Å². The van der Waals surface area contributed by atoms with Crippen LogP contribution in [0.3, 0.4) is 0 Å². The Balaban J connectivity index is 1.55. The molecule has 3 rings (SSSR count). The van der Waals surface area contributed by atoms with Gasteiger partial charge in [-0.3, -0.25) is 4.79 Å². The molecule has 1 aliphatic carbocycles. The lowest BCUT2D eigenvalue weighted by atomic mass is 9.87. The Kier molecular flexibility index (Phi) is 5.84. The number of hydrogen-bond donors (Lipinski definition) is 1. The standard InChI is InChI=1S/C22H23NO3/c1-16(26-21(24)15-14-17-8-3-2-4-9-17)22(25)23-20-13-7-11-18-10-5-6-12-19(18)20/h2-6,8-10,12,14-16,20H,7,11,13H2,1H3,(H,23,25)/b15-14+/t16-,20+/m1/s1. The second kappa shape index (κ2) is 8.48. The van der Waals surface area contributed by atoms with Crippen molar-refractivity contribution in [3.05, 3.63) is 77.4 Å². The van der Waals surface area contributed by atoms with Crippen LogP contribution >= 0.6 is 0 Å². The zero-order valence-corrected chi connectivity index (χ0v) is 14.9. The third-order valence-electron chi connectivity index (χ3n) is 4.56. The summed E-state index contributed by atoms with van der Waals surface area (Å²) in [5, 5.41) is 3.01. The van der Waals surface area contributed by atoms with E-state index < -0.39 is 12.1 Å². The summed E-state index contributed by atoms with van der Waals surface area (Å²) >= 11 is 0. The number of benzene rings is 2. The monoisotopic (exact) mass is 349 g/mol. The highest BCUT2D eigenvalue weighted by Crippen LogP contribution is 2.29. The molecular formula is C22H23NO3. The topological polar surface area (TPSA) is 55.4 Å². The maximum absolute atomic E-state index is 12.4. The molecule has 0 unspecified atom stereocenters. The summed E-state index contributed by atoms with van der Waals surface area (Å²) in [6, 6.07) is 17.6. The molecular weight excluding hydrogens is 326 g/mol. The fourth-order valence-corrected chi connectivity index (χ4v) is 3.19. The molecule has 0 radical (unpaired) electrons. The molecule has 0 heterocycles. The van der Waals surface area contributed by atoms with Crippen molar-refractivity contribution in [3.8, 4) is 0 Å². The molecule has 2 aromatic rings. The van der Waals surface area contributed by atoms with Crippen LogP contribution in [0.2, 0.25) is 0 Å². The van der Waals surface area contributed by atoms with Crippen LogP contribution in [0.15, 0.2) is 60.7 Å². The van der Waals surface area contributed by atoms with E-state index in [2.05, 4.69) is 17.4 Å². The van der Waals surface area contributed by atoms with Crippen molar-refractivity contribution in [2.45, 2.75) is 38.3 Å². The number of hydrogen-bond acceptors (Lipinski definition) is 3. The van der Waals surface area contributed by atoms with E-state index in [1.54, 1.807) is 13.0 Å². The van der Waals surface area contributed by atoms with Gasteiger partial charge in [0.2, 0.25) is 0 Å². The highest BCUT2D eigenvalue weighted by Gasteiger charge is 2.24. The molecule has 4 heteroatoms. The van der Waals surface area contributed by atoms with E-state index in [0.717, 1.165) is 30.4 Å². The summed E-state index contributed by atoms with van der Waals surface area (Å²) in [4.78, 5) is 24.4. The molecule has 134 valence electrons. The molecule has 2 aromatic carbocycles. The Bertz CT molecular complexity index is 798. The van der Waals surface area contributed by atoms with Gasteiger partial charge in [0.15, 0.2) is 6.10 Å². The molecule has 0 spiro atoms. The predicted molar refractivity (Wildman–Crippen MR) is 101 cm³/mol. The van der Waals surface area contributed by atoms with Gasteiger partial charge < -0.3 is 10.1 Å². The van der Waals surface area contributed by atoms with E-state index in [4.69, 9.17) is 4.74 Å². The van der Waals surface area contributed by atoms with E-state index in [-0.39, 0.29) is 11.9 Å². The Morgan fingerprint density at radius 3 is 2.65 bits per heavy atom. The fraction of sp³-hybridized carbons (Fsp3) is 0.273. The van der Waals surface area contributed by atoms with Crippen molar-refractivity contribution >= 4 is 18.0 Å². The molecule has 2 atom stereocenters. The number of nitrogens with one attached hydrogen (secondary N) is 1. The second-order valence-electron chi connectivity index (χ2n) is 6.48. The number of fused-ring (bicyclic) bond motifs is 1. The zero-order chi connectivity index (χ0) is 18.4. The third-order valence-corrected chi connectivity index (χ3v) is 4.56. The first-order valence-corrected chi connectivity index (χ1v) is 8.95. The van der Waals surface area contributed by atoms with Gasteiger partial charge in [-0.05, 0) is 49.0 Å². The van der Waals surface area contributed by atoms with Gasteiger partial charge in [-0.1, -0.05) is 54.6 Å². The minimum absolute atomic E-state index is 0.0199. The summed E-state index contributed by atoms with van der Waals surface area (Å²) in [6.45, 7) is 1.60. The van der Waals surface area contributed by atoms with Crippen molar-refractivity contribution in [2.24, 2.45) is 0 Å². The van der Waals surface area contributed by atoms with Crippen LogP contribution in [0.4, 0.5) is 0 Å². The molecule has 0 bridgehead atoms. The summed E-state index contributed by atoms with van der Waals surface area (Å²) in [5.74, 6) is -0.797. The number of ether oxygens (including phenoxy) is 1. The van der Waals surface area contributed by atoms with Crippen molar-refractivity contribution in [1.29, 1.82) is 0 Å². The molecule has 0 saturated carbocycles. The average Bonchev–Trinajstić information content (AvgIpc) is 2.67. The number of carbonyl (C=O) groups is 2. The lowest BCUT2D eigenvalue weighted by molar-refractivity contribution is -0.150. The number of rotatable bonds is 5. The molecule has 1 amide bonds. The van der Waals surface area contributed by atoms with E-state index in [9.17, 15) is 9.59 Å². The van der Waals surface area contributed by atoms with Crippen molar-refractivity contribution in [2.75, 3.05) is 0 Å². The first-order valence-electron chi connectivity index (χ1n) is 8.95. The second-order valence-corrected chi connectivity index (χ2v) is 6.48. The quantitative estimate of drug-likeness (QED) is 0.659. The average molecular weight is 349 g/mol. The van der Waals surface area contributed by atoms with Gasteiger partial charge in [0.25, 0.3) is 5.91 Å². The molecule has 0 saturated heterocycles. The van der Waals surface area contributed by atoms with Crippen molar-refractivity contribution in [1.82, 2.24) is 5.32 Å². The van der Waals surface area contributed by atoms with Gasteiger partial charge in [0.1, 0.15) is 0 Å². The van der Waals surface area contributed by atoms with Gasteiger partial charge in [0.05, 0.1) is 6.04 Å². The number of esters is 1. The normalized spacial score (nSPS) is 17.3. The number of carbonyl (C=O) groups excluding carboxylic acids is 2. The van der Waals surface area contributed by atoms with Gasteiger partial charge in [-0.2, -0.15) is 0 Å². The number of aryl methyl sites for hydroxylation is 1. The van der Waals surface area contributed by atoms with Crippen LogP contribution in [0.25, 0.3) is 6.08 Å². The first kappa shape index (κ1) is 17.9. The third kappa shape index (κ3) is 4.60. The highest BCUT2D eigenvalue weighted by molar-refractivity contribution is 5.90. The van der Waals surface area contributed by atoms with Crippen LogP contribution in [0.1, 0.15) is 42.5 Å². The van der Waals surface area contributed by atoms with Crippen LogP contribution < -0.4 is 5.32 Å². The molecule has 0 aromatic heterocycles. The molecule has 26 heavy (non-hydrogen) atoms. The van der Waals surface area contributed by atoms with E-state index >= 15 is 0 Å². The Hall–Kier alpha value is -2.88. The van der Waals surface area contributed by atoms with E-state index in [0.29, 0.717) is 0 Å². The fourth-order valence-electron chi connectivity index (χ4n) is 3.19. The smallest absolute Gasteiger partial charge is 0.331 e. The number of amides is 1. The van der Waals surface area contributed by atoms with E-state index in [1.807, 2.05) is 42.5 Å². The predicted octanol–water partition coefficient (Wildman–Crippen LogP) is 3.83. The molecule has 4 nitrogen and oxygen atoms in total. The SMILES string of the molecule is C[C@@H](OC(=O)/C=C/c1ccccc1)C(=O)N[C@H]1CCCc2ccccc21. The van der Waals surface area contributed by atoms with Crippen LogP contribution in [-0.4, -0.2) is 18.0 Å². The maximum Gasteiger partial charge on any atom is 0.331 e. The molecule has 0 aliphatic heterocycles. The molecule has 1 aliphatic rings. The van der Waals surface area contributed by atoms with Crippen molar-refractivity contribution in [3.63, 3.8) is 0 Å². The van der Waals surface area contributed by atoms with Crippen LogP contribution in [-0.2, 0) is 20.7 Å². The highest BCUT2D eigenvalue weighted by atomic mass is 16.5. The largest absolute Gasteiger partial charge is 0.449 e. The van der Waals surface area contributed by atoms with Crippen molar-refractivity contribution < 1.29 is 14.3 Å². The molecule has 1 N–H and O–H groups in total. The first-order chi connectivity index (χ1) is 12.6. The molecule has 0 fully saturated rings. The lowest BCUT2D eigenvalue weighted by Gasteiger charge is -2.27. The van der Waals surface area contributed by atoms with Gasteiger partial charge in [-0.15, -0.1) is 0 Å². The minimum atomic E-state index is -0.836.